The summed E-state index contributed by atoms with van der Waals surface area (Å²) in [6, 6.07) is 0. The average Bonchev–Trinajstić information content (AvgIpc) is 2.18. The van der Waals surface area contributed by atoms with Crippen molar-refractivity contribution in [3.05, 3.63) is 0 Å². The van der Waals surface area contributed by atoms with Gasteiger partial charge in [0.1, 0.15) is 0 Å². The van der Waals surface area contributed by atoms with Gasteiger partial charge in [0.2, 0.25) is 0 Å². The van der Waals surface area contributed by atoms with Crippen LogP contribution in [0.1, 0.15) is 41.5 Å². The Balaban J connectivity index is -0.0000000865. The van der Waals surface area contributed by atoms with Gasteiger partial charge in [0, 0.05) is 17.9 Å². The monoisotopic (exact) mass is 453 g/mol. The van der Waals surface area contributed by atoms with E-state index in [1.165, 1.54) is 0 Å². The zero-order valence-electron chi connectivity index (χ0n) is 12.0. The Bertz CT molecular complexity index is 218. The first-order valence-electron chi connectivity index (χ1n) is 5.55. The van der Waals surface area contributed by atoms with Gasteiger partial charge >= 0.3 is 19.8 Å². The maximum Gasteiger partial charge on any atom is 3.00 e. The Morgan fingerprint density at radius 2 is 0.632 bits per heavy atom. The first kappa shape index (κ1) is 26.6. The van der Waals surface area contributed by atoms with Crippen molar-refractivity contribution in [2.45, 2.75) is 41.5 Å². The van der Waals surface area contributed by atoms with Crippen LogP contribution in [0, 0.1) is 17.8 Å². The molecular formula is C12H21O6Os. The molecule has 1 radical (unpaired) electrons. The van der Waals surface area contributed by atoms with E-state index in [0.29, 0.717) is 0 Å². The van der Waals surface area contributed by atoms with Crippen molar-refractivity contribution in [3.8, 4) is 0 Å². The van der Waals surface area contributed by atoms with Gasteiger partial charge in [-0.1, -0.05) is 41.5 Å². The van der Waals surface area contributed by atoms with E-state index >= 15 is 0 Å². The van der Waals surface area contributed by atoms with E-state index in [4.69, 9.17) is 0 Å². The van der Waals surface area contributed by atoms with Gasteiger partial charge in [-0.25, -0.2) is 0 Å². The number of hydrogen-bond acceptors (Lipinski definition) is 6. The van der Waals surface area contributed by atoms with E-state index in [-0.39, 0.29) is 37.5 Å². The van der Waals surface area contributed by atoms with Crippen LogP contribution in [0.3, 0.4) is 0 Å². The summed E-state index contributed by atoms with van der Waals surface area (Å²) in [6.07, 6.45) is 0. The molecule has 0 aliphatic carbocycles. The van der Waals surface area contributed by atoms with Gasteiger partial charge in [0.25, 0.3) is 0 Å². The molecule has 0 saturated carbocycles. The summed E-state index contributed by atoms with van der Waals surface area (Å²) in [5, 5.41) is 28.8. The number of hydrogen-bond donors (Lipinski definition) is 0. The zero-order valence-corrected chi connectivity index (χ0v) is 14.6. The predicted molar refractivity (Wildman–Crippen MR) is 59.5 cm³/mol. The van der Waals surface area contributed by atoms with Crippen LogP contribution in [0.2, 0.25) is 0 Å². The van der Waals surface area contributed by atoms with Crippen LogP contribution >= 0.6 is 0 Å². The maximum atomic E-state index is 9.59. The number of rotatable bonds is 3. The van der Waals surface area contributed by atoms with E-state index in [2.05, 4.69) is 0 Å². The molecule has 0 saturated heterocycles. The van der Waals surface area contributed by atoms with Crippen molar-refractivity contribution in [2.24, 2.45) is 17.8 Å². The van der Waals surface area contributed by atoms with E-state index < -0.39 is 17.9 Å². The zero-order chi connectivity index (χ0) is 15.5. The van der Waals surface area contributed by atoms with Crippen LogP contribution in [-0.4, -0.2) is 17.9 Å². The molecule has 0 spiro atoms. The van der Waals surface area contributed by atoms with Crippen LogP contribution in [0.25, 0.3) is 0 Å². The third-order valence-corrected chi connectivity index (χ3v) is 1.41. The topological polar surface area (TPSA) is 120 Å². The maximum absolute atomic E-state index is 9.59. The third kappa shape index (κ3) is 31.6. The molecule has 0 aromatic heterocycles. The second-order valence-electron chi connectivity index (χ2n) is 4.42. The van der Waals surface area contributed by atoms with E-state index in [1.807, 2.05) is 0 Å². The van der Waals surface area contributed by atoms with Crippen LogP contribution in [0.15, 0.2) is 0 Å². The van der Waals surface area contributed by atoms with Crippen LogP contribution < -0.4 is 15.3 Å². The van der Waals surface area contributed by atoms with Crippen LogP contribution in [0.5, 0.6) is 0 Å². The molecule has 0 atom stereocenters. The summed E-state index contributed by atoms with van der Waals surface area (Å²) in [6.45, 7) is 9.47. The van der Waals surface area contributed by atoms with Crippen molar-refractivity contribution in [3.63, 3.8) is 0 Å². The number of aliphatic carboxylic acids is 3. The third-order valence-electron chi connectivity index (χ3n) is 1.41. The molecule has 6 nitrogen and oxygen atoms in total. The summed E-state index contributed by atoms with van der Waals surface area (Å²) < 4.78 is 0. The van der Waals surface area contributed by atoms with E-state index in [9.17, 15) is 29.7 Å². The van der Waals surface area contributed by atoms with Crippen molar-refractivity contribution in [2.75, 3.05) is 0 Å². The minimum absolute atomic E-state index is 0. The van der Waals surface area contributed by atoms with Crippen molar-refractivity contribution >= 4 is 17.9 Å². The quantitative estimate of drug-likeness (QED) is 0.498. The molecule has 0 aliphatic heterocycles. The molecule has 0 fully saturated rings. The molecular weight excluding hydrogens is 430 g/mol. The molecule has 113 valence electrons. The molecule has 0 aromatic rings. The normalized spacial score (nSPS) is 8.68. The summed E-state index contributed by atoms with van der Waals surface area (Å²) >= 11 is 0. The fourth-order valence-electron chi connectivity index (χ4n) is 0. The molecule has 0 aliphatic rings. The van der Waals surface area contributed by atoms with Gasteiger partial charge in [-0.3, -0.25) is 0 Å². The van der Waals surface area contributed by atoms with Gasteiger partial charge in [0.05, 0.1) is 0 Å². The summed E-state index contributed by atoms with van der Waals surface area (Å²) in [5.41, 5.74) is 0. The summed E-state index contributed by atoms with van der Waals surface area (Å²) in [4.78, 5) is 28.8. The van der Waals surface area contributed by atoms with E-state index in [0.717, 1.165) is 0 Å². The Kier molecular flexibility index (Phi) is 21.1. The van der Waals surface area contributed by atoms with Gasteiger partial charge in [-0.05, 0) is 17.8 Å². The first-order chi connectivity index (χ1) is 7.93. The van der Waals surface area contributed by atoms with Crippen molar-refractivity contribution < 1.29 is 49.5 Å². The fraction of sp³-hybridized carbons (Fsp3) is 0.750. The molecule has 0 aromatic carbocycles. The van der Waals surface area contributed by atoms with Gasteiger partial charge in [0.15, 0.2) is 0 Å². The molecule has 0 unspecified atom stereocenters. The Morgan fingerprint density at radius 3 is 0.632 bits per heavy atom. The van der Waals surface area contributed by atoms with E-state index in [1.54, 1.807) is 41.5 Å². The fourth-order valence-corrected chi connectivity index (χ4v) is 0. The van der Waals surface area contributed by atoms with Gasteiger partial charge in [-0.15, -0.1) is 0 Å². The standard InChI is InChI=1S/3C4H8O2.Os/c3*1-3(2)4(5)6;/h3*3H,1-2H3,(H,5,6);/q;;;+3/p-3. The Labute approximate surface area is 127 Å². The molecule has 0 amide bonds. The molecule has 0 bridgehead atoms. The largest absolute Gasteiger partial charge is 3.00 e. The average molecular weight is 452 g/mol. The SMILES string of the molecule is CC(C)C(=O)[O-].CC(C)C(=O)[O-].CC(C)C(=O)[O-].[Os+3]. The Hall–Kier alpha value is -0.954. The number of carboxylic acids is 3. The van der Waals surface area contributed by atoms with Crippen molar-refractivity contribution in [1.82, 2.24) is 0 Å². The van der Waals surface area contributed by atoms with Gasteiger partial charge in [-0.2, -0.15) is 0 Å². The second-order valence-corrected chi connectivity index (χ2v) is 4.42. The number of carbonyl (C=O) groups is 3. The number of carboxylic acid groups (broad SMARTS) is 3. The predicted octanol–water partition coefficient (Wildman–Crippen LogP) is -1.83. The summed E-state index contributed by atoms with van der Waals surface area (Å²) in [7, 11) is 0. The molecule has 0 N–H and O–H groups in total. The minimum atomic E-state index is -0.991. The van der Waals surface area contributed by atoms with Crippen LogP contribution in [0.4, 0.5) is 0 Å². The molecule has 0 rings (SSSR count). The van der Waals surface area contributed by atoms with Crippen molar-refractivity contribution in [1.29, 1.82) is 0 Å². The summed E-state index contributed by atoms with van der Waals surface area (Å²) in [5.74, 6) is -4.00. The molecule has 7 heteroatoms. The number of carbonyl (C=O) groups excluding carboxylic acids is 3. The minimum Gasteiger partial charge on any atom is -0.550 e. The van der Waals surface area contributed by atoms with Gasteiger partial charge < -0.3 is 29.7 Å². The molecule has 19 heavy (non-hydrogen) atoms. The Morgan fingerprint density at radius 1 is 0.579 bits per heavy atom. The first-order valence-corrected chi connectivity index (χ1v) is 5.55. The second kappa shape index (κ2) is 15.1. The van der Waals surface area contributed by atoms with Crippen LogP contribution in [-0.2, 0) is 34.2 Å². The smallest absolute Gasteiger partial charge is 0.550 e. The molecule has 0 heterocycles.